The molecule has 0 radical (unpaired) electrons. The van der Waals surface area contributed by atoms with Crippen LogP contribution in [0.5, 0.6) is 0 Å². The van der Waals surface area contributed by atoms with Crippen molar-refractivity contribution in [1.82, 2.24) is 0 Å². The van der Waals surface area contributed by atoms with Crippen molar-refractivity contribution in [3.63, 3.8) is 0 Å². The Kier molecular flexibility index (Phi) is 8.55. The van der Waals surface area contributed by atoms with E-state index in [1.807, 2.05) is 60.7 Å². The third kappa shape index (κ3) is 6.86. The van der Waals surface area contributed by atoms with Gasteiger partial charge >= 0.3 is 0 Å². The zero-order valence-corrected chi connectivity index (χ0v) is 21.8. The predicted octanol–water partition coefficient (Wildman–Crippen LogP) is 7.44. The lowest BCUT2D eigenvalue weighted by Gasteiger charge is -2.18. The fourth-order valence-corrected chi connectivity index (χ4v) is 4.86. The van der Waals surface area contributed by atoms with Crippen LogP contribution in [-0.4, -0.2) is 16.7 Å². The minimum atomic E-state index is -0.526. The van der Waals surface area contributed by atoms with Gasteiger partial charge in [0.2, 0.25) is 5.91 Å². The van der Waals surface area contributed by atoms with Gasteiger partial charge in [-0.2, -0.15) is 0 Å². The van der Waals surface area contributed by atoms with Gasteiger partial charge in [-0.1, -0.05) is 62.4 Å². The third-order valence-corrected chi connectivity index (χ3v) is 7.12. The van der Waals surface area contributed by atoms with Gasteiger partial charge in [0.25, 0.3) is 11.6 Å². The Labute approximate surface area is 225 Å². The molecule has 1 atom stereocenters. The highest BCUT2D eigenvalue weighted by molar-refractivity contribution is 8.00. The molecule has 0 saturated carbocycles. The van der Waals surface area contributed by atoms with Gasteiger partial charge in [-0.25, -0.2) is 0 Å². The normalized spacial score (nSPS) is 11.6. The highest BCUT2D eigenvalue weighted by atomic mass is 32.2. The molecule has 0 aliphatic carbocycles. The number of amides is 2. The molecule has 2 N–H and O–H groups in total. The van der Waals surface area contributed by atoms with Gasteiger partial charge in [0.15, 0.2) is 0 Å². The molecule has 0 fully saturated rings. The Morgan fingerprint density at radius 2 is 1.45 bits per heavy atom. The Morgan fingerprint density at radius 3 is 2.08 bits per heavy atom. The van der Waals surface area contributed by atoms with Crippen molar-refractivity contribution in [1.29, 1.82) is 0 Å². The number of carbonyl (C=O) groups is 2. The Hall–Kier alpha value is -4.43. The van der Waals surface area contributed by atoms with Crippen LogP contribution in [0.4, 0.5) is 17.1 Å². The number of nitrogens with zero attached hydrogens (tertiary/aromatic N) is 1. The molecule has 4 aromatic carbocycles. The second-order valence-electron chi connectivity index (χ2n) is 8.96. The molecule has 1 unspecified atom stereocenters. The quantitative estimate of drug-likeness (QED) is 0.134. The van der Waals surface area contributed by atoms with E-state index in [2.05, 4.69) is 24.5 Å². The van der Waals surface area contributed by atoms with Crippen molar-refractivity contribution in [2.45, 2.75) is 29.9 Å². The number of thioether (sulfide) groups is 1. The van der Waals surface area contributed by atoms with E-state index < -0.39 is 10.2 Å². The van der Waals surface area contributed by atoms with E-state index in [0.717, 1.165) is 16.1 Å². The fourth-order valence-electron chi connectivity index (χ4n) is 3.78. The first-order valence-electron chi connectivity index (χ1n) is 12.1. The van der Waals surface area contributed by atoms with Crippen molar-refractivity contribution in [3.8, 4) is 0 Å². The molecular formula is C30H27N3O4S. The lowest BCUT2D eigenvalue weighted by atomic mass is 10.0. The predicted molar refractivity (Wildman–Crippen MR) is 152 cm³/mol. The van der Waals surface area contributed by atoms with Gasteiger partial charge in [0, 0.05) is 34.0 Å². The van der Waals surface area contributed by atoms with Gasteiger partial charge in [-0.05, 0) is 59.5 Å². The number of benzene rings is 4. The summed E-state index contributed by atoms with van der Waals surface area (Å²) in [5.41, 5.74) is 3.55. The molecule has 8 heteroatoms. The van der Waals surface area contributed by atoms with Crippen LogP contribution in [0.25, 0.3) is 0 Å². The summed E-state index contributed by atoms with van der Waals surface area (Å²) in [6, 6.07) is 30.0. The summed E-state index contributed by atoms with van der Waals surface area (Å²) in [5, 5.41) is 16.2. The standard InChI is InChI=1S/C30H27N3O4S/c1-20(2)21-11-15-24(16-12-21)31-30(35)28(22-7-4-3-5-8-22)38-27-10-6-9-25(19-27)32-29(34)23-13-17-26(18-14-23)33(36)37/h3-20,28H,1-2H3,(H,31,35)(H,32,34). The lowest BCUT2D eigenvalue weighted by molar-refractivity contribution is -0.384. The molecule has 0 saturated heterocycles. The van der Waals surface area contributed by atoms with Gasteiger partial charge in [-0.15, -0.1) is 11.8 Å². The maximum Gasteiger partial charge on any atom is 0.269 e. The van der Waals surface area contributed by atoms with Crippen molar-refractivity contribution in [2.75, 3.05) is 10.6 Å². The molecule has 0 aliphatic rings. The third-order valence-electron chi connectivity index (χ3n) is 5.87. The number of hydrogen-bond donors (Lipinski definition) is 2. The van der Waals surface area contributed by atoms with Crippen molar-refractivity contribution in [2.24, 2.45) is 0 Å². The number of carbonyl (C=O) groups excluding carboxylic acids is 2. The van der Waals surface area contributed by atoms with Gasteiger partial charge in [-0.3, -0.25) is 19.7 Å². The number of anilines is 2. The second-order valence-corrected chi connectivity index (χ2v) is 10.1. The molecule has 38 heavy (non-hydrogen) atoms. The van der Waals surface area contributed by atoms with Crippen molar-refractivity contribution in [3.05, 3.63) is 130 Å². The molecule has 0 aromatic heterocycles. The lowest BCUT2D eigenvalue weighted by Crippen LogP contribution is -2.19. The first-order chi connectivity index (χ1) is 18.3. The Morgan fingerprint density at radius 1 is 0.763 bits per heavy atom. The van der Waals surface area contributed by atoms with Gasteiger partial charge < -0.3 is 10.6 Å². The number of nitro benzene ring substituents is 1. The summed E-state index contributed by atoms with van der Waals surface area (Å²) >= 11 is 1.38. The first kappa shape index (κ1) is 26.6. The molecule has 0 spiro atoms. The summed E-state index contributed by atoms with van der Waals surface area (Å²) in [6.07, 6.45) is 0. The van der Waals surface area contributed by atoms with E-state index >= 15 is 0 Å². The van der Waals surface area contributed by atoms with Gasteiger partial charge in [0.1, 0.15) is 5.25 Å². The van der Waals surface area contributed by atoms with Crippen LogP contribution in [0.1, 0.15) is 46.5 Å². The topological polar surface area (TPSA) is 101 Å². The zero-order valence-electron chi connectivity index (χ0n) is 21.0. The highest BCUT2D eigenvalue weighted by Gasteiger charge is 2.22. The van der Waals surface area contributed by atoms with Crippen LogP contribution in [-0.2, 0) is 4.79 Å². The van der Waals surface area contributed by atoms with Crippen molar-refractivity contribution >= 4 is 40.6 Å². The van der Waals surface area contributed by atoms with Crippen LogP contribution in [0, 0.1) is 10.1 Å². The second kappa shape index (κ2) is 12.2. The molecule has 0 bridgehead atoms. The van der Waals surface area contributed by atoms with Crippen LogP contribution < -0.4 is 10.6 Å². The molecule has 0 heterocycles. The first-order valence-corrected chi connectivity index (χ1v) is 13.0. The van der Waals surface area contributed by atoms with Crippen LogP contribution in [0.15, 0.2) is 108 Å². The maximum absolute atomic E-state index is 13.4. The minimum Gasteiger partial charge on any atom is -0.325 e. The van der Waals surface area contributed by atoms with Crippen LogP contribution in [0.2, 0.25) is 0 Å². The number of nitrogens with one attached hydrogen (secondary N) is 2. The number of non-ortho nitro benzene ring substituents is 1. The summed E-state index contributed by atoms with van der Waals surface area (Å²) in [7, 11) is 0. The summed E-state index contributed by atoms with van der Waals surface area (Å²) in [4.78, 5) is 37.2. The summed E-state index contributed by atoms with van der Waals surface area (Å²) < 4.78 is 0. The highest BCUT2D eigenvalue weighted by Crippen LogP contribution is 2.37. The zero-order chi connectivity index (χ0) is 27.1. The summed E-state index contributed by atoms with van der Waals surface area (Å²) in [5.74, 6) is -0.136. The molecule has 192 valence electrons. The number of rotatable bonds is 9. The SMILES string of the molecule is CC(C)c1ccc(NC(=O)C(Sc2cccc(NC(=O)c3ccc([N+](=O)[O-])cc3)c2)c2ccccc2)cc1. The Balaban J connectivity index is 1.50. The largest absolute Gasteiger partial charge is 0.325 e. The van der Waals surface area contributed by atoms with E-state index in [1.165, 1.54) is 41.6 Å². The number of hydrogen-bond acceptors (Lipinski definition) is 5. The molecular weight excluding hydrogens is 498 g/mol. The van der Waals surface area contributed by atoms with E-state index in [1.54, 1.807) is 18.2 Å². The van der Waals surface area contributed by atoms with E-state index in [0.29, 0.717) is 17.2 Å². The minimum absolute atomic E-state index is 0.0824. The smallest absolute Gasteiger partial charge is 0.269 e. The average molecular weight is 526 g/mol. The molecule has 2 amide bonds. The molecule has 0 aliphatic heterocycles. The number of nitro groups is 1. The average Bonchev–Trinajstić information content (AvgIpc) is 2.92. The van der Waals surface area contributed by atoms with E-state index in [-0.39, 0.29) is 17.5 Å². The van der Waals surface area contributed by atoms with E-state index in [4.69, 9.17) is 0 Å². The summed E-state index contributed by atoms with van der Waals surface area (Å²) in [6.45, 7) is 4.25. The molecule has 4 aromatic rings. The van der Waals surface area contributed by atoms with Crippen LogP contribution >= 0.6 is 11.8 Å². The fraction of sp³-hybridized carbons (Fsp3) is 0.133. The van der Waals surface area contributed by atoms with E-state index in [9.17, 15) is 19.7 Å². The van der Waals surface area contributed by atoms with Gasteiger partial charge in [0.05, 0.1) is 4.92 Å². The molecule has 7 nitrogen and oxygen atoms in total. The Bertz CT molecular complexity index is 1420. The van der Waals surface area contributed by atoms with Crippen molar-refractivity contribution < 1.29 is 14.5 Å². The molecule has 4 rings (SSSR count). The van der Waals surface area contributed by atoms with Crippen LogP contribution in [0.3, 0.4) is 0 Å². The monoisotopic (exact) mass is 525 g/mol. The maximum atomic E-state index is 13.4.